The molecule has 0 radical (unpaired) electrons. The van der Waals surface area contributed by atoms with Crippen LogP contribution in [0.2, 0.25) is 0 Å². The Morgan fingerprint density at radius 1 is 1.14 bits per heavy atom. The van der Waals surface area contributed by atoms with Crippen LogP contribution in [0, 0.1) is 11.8 Å². The third-order valence-electron chi connectivity index (χ3n) is 4.09. The molecule has 0 aromatic heterocycles. The zero-order valence-electron chi connectivity index (χ0n) is 15.2. The van der Waals surface area contributed by atoms with Crippen LogP contribution >= 0.6 is 0 Å². The largest absolute Gasteiger partial charge is 0.444 e. The number of amides is 1. The average molecular weight is 309 g/mol. The Kier molecular flexibility index (Phi) is 7.98. The molecular formula is C19H35NO2. The fourth-order valence-corrected chi connectivity index (χ4v) is 2.98. The van der Waals surface area contributed by atoms with Crippen LogP contribution in [0.25, 0.3) is 0 Å². The van der Waals surface area contributed by atoms with Crippen LogP contribution < -0.4 is 5.32 Å². The first-order valence-corrected chi connectivity index (χ1v) is 8.92. The number of rotatable bonds is 6. The van der Waals surface area contributed by atoms with Crippen LogP contribution in [0.5, 0.6) is 0 Å². The number of allylic oxidation sites excluding steroid dienone is 1. The maximum atomic E-state index is 12.1. The summed E-state index contributed by atoms with van der Waals surface area (Å²) in [6.45, 7) is 10.2. The van der Waals surface area contributed by atoms with Crippen LogP contribution in [0.15, 0.2) is 12.2 Å². The lowest BCUT2D eigenvalue weighted by Crippen LogP contribution is -2.43. The molecule has 1 N–H and O–H groups in total. The van der Waals surface area contributed by atoms with Gasteiger partial charge in [-0.25, -0.2) is 4.79 Å². The van der Waals surface area contributed by atoms with Crippen molar-refractivity contribution in [1.82, 2.24) is 5.32 Å². The molecule has 3 nitrogen and oxygen atoms in total. The van der Waals surface area contributed by atoms with Crippen molar-refractivity contribution in [2.45, 2.75) is 91.2 Å². The maximum absolute atomic E-state index is 12.1. The molecule has 1 aliphatic rings. The van der Waals surface area contributed by atoms with Crippen molar-refractivity contribution in [1.29, 1.82) is 0 Å². The highest BCUT2D eigenvalue weighted by Crippen LogP contribution is 2.28. The predicted molar refractivity (Wildman–Crippen MR) is 92.9 cm³/mol. The number of hydrogen-bond acceptors (Lipinski definition) is 2. The number of carbonyl (C=O) groups excluding carboxylic acids is 1. The molecule has 1 aliphatic carbocycles. The van der Waals surface area contributed by atoms with Crippen LogP contribution in [-0.2, 0) is 4.74 Å². The highest BCUT2D eigenvalue weighted by atomic mass is 16.6. The van der Waals surface area contributed by atoms with E-state index in [0.29, 0.717) is 11.8 Å². The topological polar surface area (TPSA) is 38.3 Å². The van der Waals surface area contributed by atoms with Gasteiger partial charge in [-0.1, -0.05) is 45.3 Å². The molecule has 1 fully saturated rings. The molecule has 0 heterocycles. The molecule has 0 saturated heterocycles. The van der Waals surface area contributed by atoms with Crippen molar-refractivity contribution in [2.75, 3.05) is 0 Å². The van der Waals surface area contributed by atoms with Crippen LogP contribution in [0.4, 0.5) is 4.79 Å². The molecule has 0 spiro atoms. The molecule has 1 saturated carbocycles. The summed E-state index contributed by atoms with van der Waals surface area (Å²) in [4.78, 5) is 12.1. The molecule has 0 aliphatic heterocycles. The smallest absolute Gasteiger partial charge is 0.407 e. The van der Waals surface area contributed by atoms with Crippen molar-refractivity contribution in [3.8, 4) is 0 Å². The highest BCUT2D eigenvalue weighted by molar-refractivity contribution is 5.68. The normalized spacial score (nSPS) is 18.6. The molecule has 1 rings (SSSR count). The van der Waals surface area contributed by atoms with Crippen molar-refractivity contribution in [3.05, 3.63) is 12.2 Å². The monoisotopic (exact) mass is 309 g/mol. The minimum atomic E-state index is -0.436. The molecule has 1 atom stereocenters. The second kappa shape index (κ2) is 9.22. The summed E-state index contributed by atoms with van der Waals surface area (Å²) in [5, 5.41) is 3.12. The summed E-state index contributed by atoms with van der Waals surface area (Å²) in [5.41, 5.74) is -0.436. The van der Waals surface area contributed by atoms with Gasteiger partial charge in [0.05, 0.1) is 0 Å². The van der Waals surface area contributed by atoms with Gasteiger partial charge >= 0.3 is 6.09 Å². The number of hydrogen-bond donors (Lipinski definition) is 1. The van der Waals surface area contributed by atoms with E-state index in [0.717, 1.165) is 12.8 Å². The molecule has 3 heteroatoms. The van der Waals surface area contributed by atoms with Gasteiger partial charge in [0.15, 0.2) is 0 Å². The van der Waals surface area contributed by atoms with E-state index >= 15 is 0 Å². The van der Waals surface area contributed by atoms with Crippen LogP contribution in [0.1, 0.15) is 79.6 Å². The fraction of sp³-hybridized carbons (Fsp3) is 0.842. The average Bonchev–Trinajstić information content (AvgIpc) is 2.41. The molecular weight excluding hydrogens is 274 g/mol. The molecule has 0 aromatic rings. The van der Waals surface area contributed by atoms with Gasteiger partial charge in [-0.2, -0.15) is 0 Å². The van der Waals surface area contributed by atoms with Gasteiger partial charge in [-0.15, -0.1) is 0 Å². The van der Waals surface area contributed by atoms with Crippen molar-refractivity contribution < 1.29 is 9.53 Å². The minimum Gasteiger partial charge on any atom is -0.444 e. The van der Waals surface area contributed by atoms with E-state index in [2.05, 4.69) is 31.3 Å². The first kappa shape index (κ1) is 19.1. The number of carbonyl (C=O) groups is 1. The lowest BCUT2D eigenvalue weighted by molar-refractivity contribution is 0.0478. The summed E-state index contributed by atoms with van der Waals surface area (Å²) in [5.74, 6) is 1.27. The molecule has 128 valence electrons. The van der Waals surface area contributed by atoms with Gasteiger partial charge in [0.2, 0.25) is 0 Å². The second-order valence-corrected chi connectivity index (χ2v) is 7.99. The van der Waals surface area contributed by atoms with Gasteiger partial charge in [-0.3, -0.25) is 0 Å². The first-order chi connectivity index (χ1) is 10.3. The van der Waals surface area contributed by atoms with Crippen molar-refractivity contribution >= 4 is 6.09 Å². The van der Waals surface area contributed by atoms with Crippen molar-refractivity contribution in [3.63, 3.8) is 0 Å². The SMILES string of the molecule is CC(C)C/C=C/C[C@H](NC(=O)OC(C)(C)C)C1CCCCC1. The number of ether oxygens (including phenoxy) is 1. The first-order valence-electron chi connectivity index (χ1n) is 8.92. The van der Waals surface area contributed by atoms with Gasteiger partial charge in [0.1, 0.15) is 5.60 Å². The Morgan fingerprint density at radius 3 is 2.27 bits per heavy atom. The van der Waals surface area contributed by atoms with Crippen LogP contribution in [-0.4, -0.2) is 17.7 Å². The van der Waals surface area contributed by atoms with Gasteiger partial charge < -0.3 is 10.1 Å². The van der Waals surface area contributed by atoms with E-state index in [4.69, 9.17) is 4.74 Å². The van der Waals surface area contributed by atoms with E-state index in [9.17, 15) is 4.79 Å². The van der Waals surface area contributed by atoms with Crippen LogP contribution in [0.3, 0.4) is 0 Å². The standard InChI is InChI=1S/C19H35NO2/c1-15(2)11-9-10-14-17(16-12-7-6-8-13-16)20-18(21)22-19(3,4)5/h9-10,15-17H,6-8,11-14H2,1-5H3,(H,20,21)/b10-9+/t17-/m0/s1. The van der Waals surface area contributed by atoms with Gasteiger partial charge in [-0.05, 0) is 58.3 Å². The third kappa shape index (κ3) is 8.45. The second-order valence-electron chi connectivity index (χ2n) is 7.99. The van der Waals surface area contributed by atoms with Gasteiger partial charge in [0.25, 0.3) is 0 Å². The summed E-state index contributed by atoms with van der Waals surface area (Å²) in [6, 6.07) is 0.207. The third-order valence-corrected chi connectivity index (χ3v) is 4.09. The molecule has 22 heavy (non-hydrogen) atoms. The predicted octanol–water partition coefficient (Wildman–Crippen LogP) is 5.45. The Morgan fingerprint density at radius 2 is 1.73 bits per heavy atom. The number of nitrogens with one attached hydrogen (secondary N) is 1. The zero-order valence-corrected chi connectivity index (χ0v) is 15.2. The molecule has 0 unspecified atom stereocenters. The maximum Gasteiger partial charge on any atom is 0.407 e. The highest BCUT2D eigenvalue weighted by Gasteiger charge is 2.26. The summed E-state index contributed by atoms with van der Waals surface area (Å²) in [6.07, 6.45) is 12.6. The van der Waals surface area contributed by atoms with Crippen molar-refractivity contribution in [2.24, 2.45) is 11.8 Å². The van der Waals surface area contributed by atoms with E-state index < -0.39 is 5.60 Å². The zero-order chi connectivity index (χ0) is 16.6. The fourth-order valence-electron chi connectivity index (χ4n) is 2.98. The van der Waals surface area contributed by atoms with E-state index in [1.165, 1.54) is 32.1 Å². The Hall–Kier alpha value is -0.990. The molecule has 0 aromatic carbocycles. The lowest BCUT2D eigenvalue weighted by atomic mass is 9.82. The summed E-state index contributed by atoms with van der Waals surface area (Å²) < 4.78 is 5.43. The van der Waals surface area contributed by atoms with E-state index in [-0.39, 0.29) is 12.1 Å². The van der Waals surface area contributed by atoms with Gasteiger partial charge in [0, 0.05) is 6.04 Å². The quantitative estimate of drug-likeness (QED) is 0.662. The number of alkyl carbamates (subject to hydrolysis) is 1. The van der Waals surface area contributed by atoms with E-state index in [1.807, 2.05) is 20.8 Å². The Balaban J connectivity index is 2.57. The lowest BCUT2D eigenvalue weighted by Gasteiger charge is -2.31. The Bertz CT molecular complexity index is 349. The molecule has 0 bridgehead atoms. The summed E-state index contributed by atoms with van der Waals surface area (Å²) >= 11 is 0. The minimum absolute atomic E-state index is 0.207. The Labute approximate surface area is 136 Å². The molecule has 1 amide bonds. The summed E-state index contributed by atoms with van der Waals surface area (Å²) in [7, 11) is 0. The van der Waals surface area contributed by atoms with E-state index in [1.54, 1.807) is 0 Å².